The van der Waals surface area contributed by atoms with Crippen molar-refractivity contribution >= 4 is 18.0 Å². The predicted molar refractivity (Wildman–Crippen MR) is 86.8 cm³/mol. The summed E-state index contributed by atoms with van der Waals surface area (Å²) in [6, 6.07) is -0.781. The van der Waals surface area contributed by atoms with Crippen molar-refractivity contribution in [2.24, 2.45) is 5.92 Å². The lowest BCUT2D eigenvalue weighted by Gasteiger charge is -2.24. The third-order valence-electron chi connectivity index (χ3n) is 2.48. The molecule has 0 bridgehead atoms. The Hall–Kier alpha value is -2.05. The van der Waals surface area contributed by atoms with Crippen molar-refractivity contribution in [3.63, 3.8) is 0 Å². The molecule has 2 N–H and O–H groups in total. The Kier molecular flexibility index (Phi) is 8.98. The summed E-state index contributed by atoms with van der Waals surface area (Å²) >= 11 is 0. The number of esters is 1. The van der Waals surface area contributed by atoms with Crippen LogP contribution in [0.1, 0.15) is 41.0 Å². The monoisotopic (exact) mass is 328 g/mol. The smallest absolute Gasteiger partial charge is 0.408 e. The van der Waals surface area contributed by atoms with Gasteiger partial charge < -0.3 is 20.1 Å². The largest absolute Gasteiger partial charge is 0.460 e. The van der Waals surface area contributed by atoms with E-state index in [4.69, 9.17) is 9.47 Å². The molecule has 0 fully saturated rings. The van der Waals surface area contributed by atoms with E-state index in [9.17, 15) is 14.4 Å². The molecule has 0 aliphatic heterocycles. The number of alkyl carbamates (subject to hydrolysis) is 1. The third-order valence-corrected chi connectivity index (χ3v) is 2.48. The summed E-state index contributed by atoms with van der Waals surface area (Å²) in [5, 5.41) is 4.98. The number of hydrogen-bond acceptors (Lipinski definition) is 5. The molecule has 0 spiro atoms. The van der Waals surface area contributed by atoms with Crippen molar-refractivity contribution in [2.45, 2.75) is 52.7 Å². The summed E-state index contributed by atoms with van der Waals surface area (Å²) in [7, 11) is 0. The molecule has 132 valence electrons. The van der Waals surface area contributed by atoms with Crippen molar-refractivity contribution in [3.8, 4) is 0 Å². The van der Waals surface area contributed by atoms with Crippen LogP contribution in [0.2, 0.25) is 0 Å². The number of hydrogen-bond donors (Lipinski definition) is 2. The van der Waals surface area contributed by atoms with Gasteiger partial charge in [-0.1, -0.05) is 26.5 Å². The van der Waals surface area contributed by atoms with Crippen LogP contribution >= 0.6 is 0 Å². The summed E-state index contributed by atoms with van der Waals surface area (Å²) in [5.41, 5.74) is -0.655. The van der Waals surface area contributed by atoms with Gasteiger partial charge in [-0.25, -0.2) is 4.79 Å². The normalized spacial score (nSPS) is 12.3. The zero-order valence-electron chi connectivity index (χ0n) is 14.6. The molecule has 0 saturated carbocycles. The molecule has 0 heterocycles. The minimum absolute atomic E-state index is 0.0836. The lowest BCUT2D eigenvalue weighted by Crippen LogP contribution is -2.49. The third kappa shape index (κ3) is 11.2. The van der Waals surface area contributed by atoms with Crippen molar-refractivity contribution in [2.75, 3.05) is 13.2 Å². The van der Waals surface area contributed by atoms with Gasteiger partial charge >= 0.3 is 12.1 Å². The van der Waals surface area contributed by atoms with Crippen molar-refractivity contribution in [1.82, 2.24) is 10.6 Å². The van der Waals surface area contributed by atoms with Crippen LogP contribution in [0.4, 0.5) is 4.79 Å². The van der Waals surface area contributed by atoms with Gasteiger partial charge in [0.15, 0.2) is 0 Å². The average molecular weight is 328 g/mol. The Morgan fingerprint density at radius 3 is 2.30 bits per heavy atom. The van der Waals surface area contributed by atoms with E-state index in [0.29, 0.717) is 6.42 Å². The summed E-state index contributed by atoms with van der Waals surface area (Å²) in [4.78, 5) is 35.3. The van der Waals surface area contributed by atoms with Crippen LogP contribution in [0.15, 0.2) is 12.7 Å². The van der Waals surface area contributed by atoms with E-state index in [1.165, 1.54) is 6.08 Å². The zero-order chi connectivity index (χ0) is 18.0. The zero-order valence-corrected chi connectivity index (χ0v) is 14.6. The molecule has 7 heteroatoms. The van der Waals surface area contributed by atoms with Crippen LogP contribution in [0.5, 0.6) is 0 Å². The molecule has 0 rings (SSSR count). The van der Waals surface area contributed by atoms with Crippen LogP contribution in [0.25, 0.3) is 0 Å². The van der Waals surface area contributed by atoms with E-state index in [2.05, 4.69) is 17.2 Å². The lowest BCUT2D eigenvalue weighted by molar-refractivity contribution is -0.143. The van der Waals surface area contributed by atoms with Crippen molar-refractivity contribution in [1.29, 1.82) is 0 Å². The Morgan fingerprint density at radius 2 is 1.83 bits per heavy atom. The molecule has 1 atom stereocenters. The highest BCUT2D eigenvalue weighted by Gasteiger charge is 2.25. The summed E-state index contributed by atoms with van der Waals surface area (Å²) in [6.07, 6.45) is 1.19. The van der Waals surface area contributed by atoms with E-state index in [1.54, 1.807) is 20.8 Å². The van der Waals surface area contributed by atoms with E-state index < -0.39 is 29.6 Å². The van der Waals surface area contributed by atoms with Crippen molar-refractivity contribution in [3.05, 3.63) is 12.7 Å². The highest BCUT2D eigenvalue weighted by molar-refractivity contribution is 5.88. The molecule has 0 aliphatic carbocycles. The fraction of sp³-hybridized carbons (Fsp3) is 0.688. The van der Waals surface area contributed by atoms with Gasteiger partial charge in [0.05, 0.1) is 0 Å². The first-order chi connectivity index (χ1) is 10.5. The maximum Gasteiger partial charge on any atom is 0.408 e. The van der Waals surface area contributed by atoms with Crippen molar-refractivity contribution < 1.29 is 23.9 Å². The molecular weight excluding hydrogens is 300 g/mol. The minimum atomic E-state index is -0.781. The fourth-order valence-electron chi connectivity index (χ4n) is 1.64. The molecule has 0 unspecified atom stereocenters. The maximum atomic E-state index is 12.1. The first kappa shape index (κ1) is 20.9. The quantitative estimate of drug-likeness (QED) is 0.523. The second-order valence-electron chi connectivity index (χ2n) is 6.52. The van der Waals surface area contributed by atoms with Gasteiger partial charge in [-0.3, -0.25) is 9.59 Å². The second kappa shape index (κ2) is 9.86. The highest BCUT2D eigenvalue weighted by atomic mass is 16.6. The van der Waals surface area contributed by atoms with Gasteiger partial charge in [0.25, 0.3) is 0 Å². The van der Waals surface area contributed by atoms with E-state index in [0.717, 1.165) is 0 Å². The topological polar surface area (TPSA) is 93.7 Å². The summed E-state index contributed by atoms with van der Waals surface area (Å²) < 4.78 is 9.91. The Balaban J connectivity index is 4.57. The number of ether oxygens (including phenoxy) is 2. The van der Waals surface area contributed by atoms with Gasteiger partial charge in [0, 0.05) is 0 Å². The SMILES string of the molecule is C=CCOC(=O)CNC(=O)[C@H](CC(C)C)NC(=O)OC(C)(C)C. The summed E-state index contributed by atoms with van der Waals surface area (Å²) in [5.74, 6) is -0.854. The van der Waals surface area contributed by atoms with Crippen LogP contribution in [-0.2, 0) is 19.1 Å². The van der Waals surface area contributed by atoms with Gasteiger partial charge in [0.1, 0.15) is 24.8 Å². The minimum Gasteiger partial charge on any atom is -0.460 e. The molecule has 7 nitrogen and oxygen atoms in total. The molecule has 0 aromatic rings. The molecule has 0 aromatic heterocycles. The number of carbonyl (C=O) groups is 3. The van der Waals surface area contributed by atoms with Crippen LogP contribution in [-0.4, -0.2) is 42.8 Å². The summed E-state index contributed by atoms with van der Waals surface area (Å²) in [6.45, 7) is 12.3. The molecule has 0 radical (unpaired) electrons. The lowest BCUT2D eigenvalue weighted by atomic mass is 10.0. The maximum absolute atomic E-state index is 12.1. The molecule has 23 heavy (non-hydrogen) atoms. The van der Waals surface area contributed by atoms with Gasteiger partial charge in [-0.15, -0.1) is 0 Å². The molecule has 0 aromatic carbocycles. The second-order valence-corrected chi connectivity index (χ2v) is 6.52. The number of amides is 2. The van der Waals surface area contributed by atoms with Crippen LogP contribution in [0, 0.1) is 5.92 Å². The predicted octanol–water partition coefficient (Wildman–Crippen LogP) is 1.77. The number of nitrogens with one attached hydrogen (secondary N) is 2. The van der Waals surface area contributed by atoms with Gasteiger partial charge in [-0.2, -0.15) is 0 Å². The first-order valence-electron chi connectivity index (χ1n) is 7.59. The van der Waals surface area contributed by atoms with E-state index >= 15 is 0 Å². The number of rotatable bonds is 8. The molecule has 2 amide bonds. The van der Waals surface area contributed by atoms with Crippen LogP contribution in [0.3, 0.4) is 0 Å². The van der Waals surface area contributed by atoms with Crippen LogP contribution < -0.4 is 10.6 Å². The van der Waals surface area contributed by atoms with E-state index in [1.807, 2.05) is 13.8 Å². The van der Waals surface area contributed by atoms with Gasteiger partial charge in [-0.05, 0) is 33.1 Å². The molecular formula is C16H28N2O5. The number of carbonyl (C=O) groups excluding carboxylic acids is 3. The standard InChI is InChI=1S/C16H28N2O5/c1-7-8-22-13(19)10-17-14(20)12(9-11(2)3)18-15(21)23-16(4,5)6/h7,11-12H,1,8-10H2,2-6H3,(H,17,20)(H,18,21)/t12-/m0/s1. The first-order valence-corrected chi connectivity index (χ1v) is 7.59. The Labute approximate surface area is 137 Å². The van der Waals surface area contributed by atoms with Gasteiger partial charge in [0.2, 0.25) is 5.91 Å². The Morgan fingerprint density at radius 1 is 1.22 bits per heavy atom. The highest BCUT2D eigenvalue weighted by Crippen LogP contribution is 2.09. The average Bonchev–Trinajstić information content (AvgIpc) is 2.39. The fourth-order valence-corrected chi connectivity index (χ4v) is 1.64. The Bertz CT molecular complexity index is 427. The molecule has 0 saturated heterocycles. The van der Waals surface area contributed by atoms with E-state index in [-0.39, 0.29) is 19.1 Å². The molecule has 0 aliphatic rings.